The number of aryl methyl sites for hydroxylation is 2. The minimum Gasteiger partial charge on any atom is -0.492 e. The highest BCUT2D eigenvalue weighted by Gasteiger charge is 2.21. The molecule has 6 nitrogen and oxygen atoms in total. The van der Waals surface area contributed by atoms with E-state index in [0.29, 0.717) is 26.2 Å². The maximum atomic E-state index is 12.3. The molecule has 1 aliphatic heterocycles. The Hall–Kier alpha value is -2.76. The molecule has 1 aromatic carbocycles. The van der Waals surface area contributed by atoms with Gasteiger partial charge in [0.1, 0.15) is 18.2 Å². The van der Waals surface area contributed by atoms with E-state index in [9.17, 15) is 4.79 Å². The number of ether oxygens (including phenoxy) is 1. The number of anilines is 1. The van der Waals surface area contributed by atoms with Crippen molar-refractivity contribution in [3.63, 3.8) is 0 Å². The number of nitrogens with one attached hydrogen (secondary N) is 1. The number of benzene rings is 1. The number of piperazine rings is 1. The van der Waals surface area contributed by atoms with Crippen molar-refractivity contribution in [2.24, 2.45) is 0 Å². The van der Waals surface area contributed by atoms with Crippen LogP contribution < -0.4 is 15.0 Å². The SMILES string of the molecule is Cc1ccc(OCCNC(=O)N2CCN(c3ccccn3)CC2)cc1C. The topological polar surface area (TPSA) is 57.7 Å². The van der Waals surface area contributed by atoms with E-state index in [4.69, 9.17) is 4.74 Å². The van der Waals surface area contributed by atoms with E-state index in [0.717, 1.165) is 24.7 Å². The van der Waals surface area contributed by atoms with E-state index >= 15 is 0 Å². The summed E-state index contributed by atoms with van der Waals surface area (Å²) in [5.41, 5.74) is 2.45. The van der Waals surface area contributed by atoms with Gasteiger partial charge in [-0.05, 0) is 49.2 Å². The first-order chi connectivity index (χ1) is 12.6. The summed E-state index contributed by atoms with van der Waals surface area (Å²) in [7, 11) is 0. The Morgan fingerprint density at radius 2 is 1.92 bits per heavy atom. The molecule has 2 heterocycles. The fourth-order valence-corrected chi connectivity index (χ4v) is 2.92. The van der Waals surface area contributed by atoms with Gasteiger partial charge >= 0.3 is 6.03 Å². The molecule has 1 aliphatic rings. The molecular weight excluding hydrogens is 328 g/mol. The van der Waals surface area contributed by atoms with Crippen molar-refractivity contribution in [1.29, 1.82) is 0 Å². The number of urea groups is 1. The van der Waals surface area contributed by atoms with Gasteiger partial charge < -0.3 is 19.9 Å². The monoisotopic (exact) mass is 354 g/mol. The molecule has 0 unspecified atom stereocenters. The van der Waals surface area contributed by atoms with Crippen LogP contribution in [-0.4, -0.2) is 55.2 Å². The van der Waals surface area contributed by atoms with Gasteiger partial charge in [-0.15, -0.1) is 0 Å². The molecule has 0 spiro atoms. The summed E-state index contributed by atoms with van der Waals surface area (Å²) >= 11 is 0. The van der Waals surface area contributed by atoms with Gasteiger partial charge in [-0.3, -0.25) is 0 Å². The molecule has 0 atom stereocenters. The van der Waals surface area contributed by atoms with Crippen molar-refractivity contribution < 1.29 is 9.53 Å². The third-order valence-corrected chi connectivity index (χ3v) is 4.67. The van der Waals surface area contributed by atoms with Crippen LogP contribution in [0.4, 0.5) is 10.6 Å². The molecule has 0 bridgehead atoms. The predicted molar refractivity (Wildman–Crippen MR) is 103 cm³/mol. The van der Waals surface area contributed by atoms with E-state index in [1.54, 1.807) is 6.20 Å². The van der Waals surface area contributed by atoms with Gasteiger partial charge in [0.15, 0.2) is 0 Å². The highest BCUT2D eigenvalue weighted by Crippen LogP contribution is 2.16. The zero-order chi connectivity index (χ0) is 18.4. The first kappa shape index (κ1) is 18.0. The standard InChI is InChI=1S/C20H26N4O2/c1-16-6-7-18(15-17(16)2)26-14-9-22-20(25)24-12-10-23(11-13-24)19-5-3-4-8-21-19/h3-8,15H,9-14H2,1-2H3,(H,22,25). The fraction of sp³-hybridized carbons (Fsp3) is 0.400. The fourth-order valence-electron chi connectivity index (χ4n) is 2.92. The molecule has 1 aromatic heterocycles. The Labute approximate surface area is 154 Å². The second-order valence-corrected chi connectivity index (χ2v) is 6.49. The third-order valence-electron chi connectivity index (χ3n) is 4.67. The Kier molecular flexibility index (Phi) is 5.94. The van der Waals surface area contributed by atoms with E-state index in [2.05, 4.69) is 29.0 Å². The Morgan fingerprint density at radius 3 is 2.62 bits per heavy atom. The van der Waals surface area contributed by atoms with Crippen molar-refractivity contribution in [2.75, 3.05) is 44.2 Å². The molecule has 26 heavy (non-hydrogen) atoms. The molecule has 1 N–H and O–H groups in total. The lowest BCUT2D eigenvalue weighted by Gasteiger charge is -2.35. The molecule has 0 saturated carbocycles. The van der Waals surface area contributed by atoms with Gasteiger partial charge in [0.25, 0.3) is 0 Å². The highest BCUT2D eigenvalue weighted by molar-refractivity contribution is 5.74. The van der Waals surface area contributed by atoms with Crippen LogP contribution in [-0.2, 0) is 0 Å². The van der Waals surface area contributed by atoms with Crippen LogP contribution >= 0.6 is 0 Å². The first-order valence-electron chi connectivity index (χ1n) is 9.02. The second kappa shape index (κ2) is 8.56. The van der Waals surface area contributed by atoms with Gasteiger partial charge in [-0.1, -0.05) is 12.1 Å². The zero-order valence-electron chi connectivity index (χ0n) is 15.4. The number of amides is 2. The average molecular weight is 354 g/mol. The molecule has 0 radical (unpaired) electrons. The summed E-state index contributed by atoms with van der Waals surface area (Å²) in [5.74, 6) is 1.81. The number of hydrogen-bond donors (Lipinski definition) is 1. The Bertz CT molecular complexity index is 728. The number of hydrogen-bond acceptors (Lipinski definition) is 4. The van der Waals surface area contributed by atoms with Crippen molar-refractivity contribution in [3.8, 4) is 5.75 Å². The normalized spacial score (nSPS) is 14.2. The quantitative estimate of drug-likeness (QED) is 0.839. The number of carbonyl (C=O) groups is 1. The van der Waals surface area contributed by atoms with E-state index in [1.165, 1.54) is 11.1 Å². The number of rotatable bonds is 5. The first-order valence-corrected chi connectivity index (χ1v) is 9.02. The van der Waals surface area contributed by atoms with Crippen LogP contribution in [0.25, 0.3) is 0 Å². The third kappa shape index (κ3) is 4.65. The maximum Gasteiger partial charge on any atom is 0.317 e. The van der Waals surface area contributed by atoms with Crippen molar-refractivity contribution in [1.82, 2.24) is 15.2 Å². The predicted octanol–water partition coefficient (Wildman–Crippen LogP) is 2.61. The summed E-state index contributed by atoms with van der Waals surface area (Å²) < 4.78 is 5.70. The minimum atomic E-state index is -0.0330. The second-order valence-electron chi connectivity index (χ2n) is 6.49. The Balaban J connectivity index is 1.37. The van der Waals surface area contributed by atoms with Gasteiger partial charge in [-0.2, -0.15) is 0 Å². The van der Waals surface area contributed by atoms with Crippen LogP contribution in [0.2, 0.25) is 0 Å². The van der Waals surface area contributed by atoms with Gasteiger partial charge in [0.05, 0.1) is 6.54 Å². The average Bonchev–Trinajstić information content (AvgIpc) is 2.68. The zero-order valence-corrected chi connectivity index (χ0v) is 15.4. The summed E-state index contributed by atoms with van der Waals surface area (Å²) in [6.45, 7) is 8.07. The largest absolute Gasteiger partial charge is 0.492 e. The van der Waals surface area contributed by atoms with Gasteiger partial charge in [-0.25, -0.2) is 9.78 Å². The van der Waals surface area contributed by atoms with Crippen LogP contribution in [0.15, 0.2) is 42.6 Å². The summed E-state index contributed by atoms with van der Waals surface area (Å²) in [6.07, 6.45) is 1.80. The number of carbonyl (C=O) groups excluding carboxylic acids is 1. The molecule has 2 amide bonds. The molecule has 138 valence electrons. The molecule has 1 saturated heterocycles. The van der Waals surface area contributed by atoms with Crippen molar-refractivity contribution in [3.05, 3.63) is 53.7 Å². The van der Waals surface area contributed by atoms with Gasteiger partial charge in [0, 0.05) is 32.4 Å². The Morgan fingerprint density at radius 1 is 1.12 bits per heavy atom. The number of aromatic nitrogens is 1. The van der Waals surface area contributed by atoms with Crippen molar-refractivity contribution in [2.45, 2.75) is 13.8 Å². The highest BCUT2D eigenvalue weighted by atomic mass is 16.5. The smallest absolute Gasteiger partial charge is 0.317 e. The molecule has 1 fully saturated rings. The molecule has 3 rings (SSSR count). The van der Waals surface area contributed by atoms with Crippen molar-refractivity contribution >= 4 is 11.8 Å². The van der Waals surface area contributed by atoms with Crippen LogP contribution in [0, 0.1) is 13.8 Å². The van der Waals surface area contributed by atoms with E-state index in [-0.39, 0.29) is 6.03 Å². The van der Waals surface area contributed by atoms with Crippen LogP contribution in [0.1, 0.15) is 11.1 Å². The van der Waals surface area contributed by atoms with E-state index in [1.807, 2.05) is 41.3 Å². The maximum absolute atomic E-state index is 12.3. The number of pyridine rings is 1. The lowest BCUT2D eigenvalue weighted by molar-refractivity contribution is 0.191. The molecular formula is C20H26N4O2. The summed E-state index contributed by atoms with van der Waals surface area (Å²) in [6, 6.07) is 11.9. The van der Waals surface area contributed by atoms with Crippen LogP contribution in [0.5, 0.6) is 5.75 Å². The summed E-state index contributed by atoms with van der Waals surface area (Å²) in [5, 5.41) is 2.93. The number of nitrogens with zero attached hydrogens (tertiary/aromatic N) is 3. The lowest BCUT2D eigenvalue weighted by Crippen LogP contribution is -2.52. The molecule has 6 heteroatoms. The molecule has 2 aromatic rings. The van der Waals surface area contributed by atoms with E-state index < -0.39 is 0 Å². The summed E-state index contributed by atoms with van der Waals surface area (Å²) in [4.78, 5) is 20.7. The molecule has 0 aliphatic carbocycles. The lowest BCUT2D eigenvalue weighted by atomic mass is 10.1. The van der Waals surface area contributed by atoms with Crippen LogP contribution in [0.3, 0.4) is 0 Å². The minimum absolute atomic E-state index is 0.0330. The van der Waals surface area contributed by atoms with Gasteiger partial charge in [0.2, 0.25) is 0 Å².